The van der Waals surface area contributed by atoms with Crippen molar-refractivity contribution in [1.29, 1.82) is 0 Å². The van der Waals surface area contributed by atoms with E-state index in [1.54, 1.807) is 14.0 Å². The monoisotopic (exact) mass is 223 g/mol. The Labute approximate surface area is 97.7 Å². The van der Waals surface area contributed by atoms with Crippen LogP contribution in [0.2, 0.25) is 0 Å². The fourth-order valence-electron chi connectivity index (χ4n) is 1.63. The van der Waals surface area contributed by atoms with Gasteiger partial charge in [0, 0.05) is 25.9 Å². The molecule has 0 aliphatic heterocycles. The van der Waals surface area contributed by atoms with Crippen LogP contribution in [0, 0.1) is 0 Å². The van der Waals surface area contributed by atoms with E-state index in [1.807, 2.05) is 24.3 Å². The summed E-state index contributed by atoms with van der Waals surface area (Å²) in [4.78, 5) is 2.25. The van der Waals surface area contributed by atoms with Gasteiger partial charge in [-0.1, -0.05) is 12.1 Å². The van der Waals surface area contributed by atoms with Crippen molar-refractivity contribution < 1.29 is 9.84 Å². The standard InChI is InChI=1S/C13H21NO2/c1-4-14(9-10-16-3)13-7-5-12(6-8-13)11(2)15/h5-8,11,15H,4,9-10H2,1-3H3. The van der Waals surface area contributed by atoms with Crippen LogP contribution in [0.25, 0.3) is 0 Å². The lowest BCUT2D eigenvalue weighted by Crippen LogP contribution is -2.26. The molecule has 1 atom stereocenters. The van der Waals surface area contributed by atoms with E-state index < -0.39 is 6.10 Å². The van der Waals surface area contributed by atoms with Crippen LogP contribution in [0.1, 0.15) is 25.5 Å². The van der Waals surface area contributed by atoms with Crippen LogP contribution in [0.4, 0.5) is 5.69 Å². The van der Waals surface area contributed by atoms with E-state index in [-0.39, 0.29) is 0 Å². The second-order valence-corrected chi connectivity index (χ2v) is 3.84. The van der Waals surface area contributed by atoms with E-state index >= 15 is 0 Å². The molecule has 0 fully saturated rings. The van der Waals surface area contributed by atoms with Crippen LogP contribution in [0.5, 0.6) is 0 Å². The summed E-state index contributed by atoms with van der Waals surface area (Å²) >= 11 is 0. The molecule has 0 radical (unpaired) electrons. The first-order valence-corrected chi connectivity index (χ1v) is 5.71. The molecule has 3 heteroatoms. The molecule has 0 aromatic heterocycles. The lowest BCUT2D eigenvalue weighted by molar-refractivity contribution is 0.199. The Hall–Kier alpha value is -1.06. The lowest BCUT2D eigenvalue weighted by Gasteiger charge is -2.23. The van der Waals surface area contributed by atoms with Crippen molar-refractivity contribution in [3.8, 4) is 0 Å². The van der Waals surface area contributed by atoms with Crippen LogP contribution in [-0.2, 0) is 4.74 Å². The first-order chi connectivity index (χ1) is 7.69. The number of hydrogen-bond acceptors (Lipinski definition) is 3. The SMILES string of the molecule is CCN(CCOC)c1ccc(C(C)O)cc1. The molecule has 1 unspecified atom stereocenters. The third-order valence-corrected chi connectivity index (χ3v) is 2.69. The maximum atomic E-state index is 9.42. The molecule has 0 aliphatic carbocycles. The van der Waals surface area contributed by atoms with Crippen LogP contribution in [-0.4, -0.2) is 31.9 Å². The Morgan fingerprint density at radius 3 is 2.38 bits per heavy atom. The summed E-state index contributed by atoms with van der Waals surface area (Å²) in [5, 5.41) is 9.42. The fourth-order valence-corrected chi connectivity index (χ4v) is 1.63. The zero-order valence-corrected chi connectivity index (χ0v) is 10.3. The van der Waals surface area contributed by atoms with Gasteiger partial charge in [-0.2, -0.15) is 0 Å². The summed E-state index contributed by atoms with van der Waals surface area (Å²) in [5.74, 6) is 0. The van der Waals surface area contributed by atoms with Gasteiger partial charge in [-0.15, -0.1) is 0 Å². The lowest BCUT2D eigenvalue weighted by atomic mass is 10.1. The Balaban J connectivity index is 2.70. The molecule has 0 heterocycles. The van der Waals surface area contributed by atoms with Crippen molar-refractivity contribution in [3.63, 3.8) is 0 Å². The van der Waals surface area contributed by atoms with Gasteiger partial charge in [0.05, 0.1) is 12.7 Å². The Morgan fingerprint density at radius 1 is 1.31 bits per heavy atom. The highest BCUT2D eigenvalue weighted by Crippen LogP contribution is 2.18. The number of rotatable bonds is 6. The van der Waals surface area contributed by atoms with Gasteiger partial charge in [0.15, 0.2) is 0 Å². The third kappa shape index (κ3) is 3.51. The highest BCUT2D eigenvalue weighted by molar-refractivity contribution is 5.47. The number of ether oxygens (including phenoxy) is 1. The fraction of sp³-hybridized carbons (Fsp3) is 0.538. The third-order valence-electron chi connectivity index (χ3n) is 2.69. The maximum Gasteiger partial charge on any atom is 0.0761 e. The van der Waals surface area contributed by atoms with E-state index in [2.05, 4.69) is 11.8 Å². The zero-order chi connectivity index (χ0) is 12.0. The number of anilines is 1. The number of hydrogen-bond donors (Lipinski definition) is 1. The van der Waals surface area contributed by atoms with Gasteiger partial charge in [-0.25, -0.2) is 0 Å². The Morgan fingerprint density at radius 2 is 1.94 bits per heavy atom. The number of methoxy groups -OCH3 is 1. The van der Waals surface area contributed by atoms with Gasteiger partial charge in [0.2, 0.25) is 0 Å². The maximum absolute atomic E-state index is 9.42. The first-order valence-electron chi connectivity index (χ1n) is 5.71. The molecule has 0 spiro atoms. The van der Waals surface area contributed by atoms with Gasteiger partial charge >= 0.3 is 0 Å². The van der Waals surface area contributed by atoms with Crippen molar-refractivity contribution in [2.75, 3.05) is 31.7 Å². The minimum Gasteiger partial charge on any atom is -0.389 e. The second-order valence-electron chi connectivity index (χ2n) is 3.84. The van der Waals surface area contributed by atoms with Gasteiger partial charge in [-0.05, 0) is 31.5 Å². The van der Waals surface area contributed by atoms with E-state index in [0.717, 1.165) is 25.3 Å². The van der Waals surface area contributed by atoms with Crippen LogP contribution < -0.4 is 4.90 Å². The molecule has 0 saturated carbocycles. The van der Waals surface area contributed by atoms with Gasteiger partial charge in [0.25, 0.3) is 0 Å². The van der Waals surface area contributed by atoms with Gasteiger partial charge in [0.1, 0.15) is 0 Å². The number of aliphatic hydroxyl groups is 1. The summed E-state index contributed by atoms with van der Waals surface area (Å²) in [7, 11) is 1.71. The average Bonchev–Trinajstić information content (AvgIpc) is 2.30. The molecule has 1 aromatic carbocycles. The second kappa shape index (κ2) is 6.51. The largest absolute Gasteiger partial charge is 0.389 e. The molecular formula is C13H21NO2. The van der Waals surface area contributed by atoms with Gasteiger partial charge in [-0.3, -0.25) is 0 Å². The molecule has 16 heavy (non-hydrogen) atoms. The van der Waals surface area contributed by atoms with E-state index in [0.29, 0.717) is 0 Å². The average molecular weight is 223 g/mol. The minimum absolute atomic E-state index is 0.400. The topological polar surface area (TPSA) is 32.7 Å². The quantitative estimate of drug-likeness (QED) is 0.802. The van der Waals surface area contributed by atoms with Crippen molar-refractivity contribution in [2.45, 2.75) is 20.0 Å². The molecular weight excluding hydrogens is 202 g/mol. The van der Waals surface area contributed by atoms with Crippen molar-refractivity contribution in [1.82, 2.24) is 0 Å². The molecule has 0 amide bonds. The van der Waals surface area contributed by atoms with Crippen molar-refractivity contribution >= 4 is 5.69 Å². The molecule has 90 valence electrons. The summed E-state index contributed by atoms with van der Waals surface area (Å²) in [6, 6.07) is 8.02. The summed E-state index contributed by atoms with van der Waals surface area (Å²) < 4.78 is 5.08. The zero-order valence-electron chi connectivity index (χ0n) is 10.3. The number of benzene rings is 1. The summed E-state index contributed by atoms with van der Waals surface area (Å²) in [5.41, 5.74) is 2.12. The summed E-state index contributed by atoms with van der Waals surface area (Å²) in [6.07, 6.45) is -0.400. The molecule has 0 saturated heterocycles. The predicted octanol–water partition coefficient (Wildman–Crippen LogP) is 2.21. The molecule has 1 N–H and O–H groups in total. The van der Waals surface area contributed by atoms with Gasteiger partial charge < -0.3 is 14.7 Å². The van der Waals surface area contributed by atoms with Crippen molar-refractivity contribution in [3.05, 3.63) is 29.8 Å². The number of nitrogens with zero attached hydrogens (tertiary/aromatic N) is 1. The highest BCUT2D eigenvalue weighted by Gasteiger charge is 2.05. The Kier molecular flexibility index (Phi) is 5.29. The molecule has 0 aliphatic rings. The predicted molar refractivity (Wildman–Crippen MR) is 66.8 cm³/mol. The molecule has 0 bridgehead atoms. The minimum atomic E-state index is -0.400. The first kappa shape index (κ1) is 13.0. The molecule has 3 nitrogen and oxygen atoms in total. The van der Waals surface area contributed by atoms with E-state index in [4.69, 9.17) is 4.74 Å². The molecule has 1 aromatic rings. The number of aliphatic hydroxyl groups excluding tert-OH is 1. The summed E-state index contributed by atoms with van der Waals surface area (Å²) in [6.45, 7) is 6.47. The van der Waals surface area contributed by atoms with E-state index in [9.17, 15) is 5.11 Å². The molecule has 1 rings (SSSR count). The number of likely N-dealkylation sites (N-methyl/N-ethyl adjacent to an activating group) is 1. The highest BCUT2D eigenvalue weighted by atomic mass is 16.5. The van der Waals surface area contributed by atoms with Crippen LogP contribution >= 0.6 is 0 Å². The van der Waals surface area contributed by atoms with E-state index in [1.165, 1.54) is 5.69 Å². The van der Waals surface area contributed by atoms with Crippen LogP contribution in [0.3, 0.4) is 0 Å². The normalized spacial score (nSPS) is 12.5. The van der Waals surface area contributed by atoms with Crippen LogP contribution in [0.15, 0.2) is 24.3 Å². The Bertz CT molecular complexity index is 295. The van der Waals surface area contributed by atoms with Crippen molar-refractivity contribution in [2.24, 2.45) is 0 Å². The smallest absolute Gasteiger partial charge is 0.0761 e.